The number of aromatic nitrogens is 5. The van der Waals surface area contributed by atoms with Crippen LogP contribution in [0.25, 0.3) is 11.0 Å². The molecule has 5 aromatic rings. The number of piperazine rings is 1. The van der Waals surface area contributed by atoms with E-state index in [1.54, 1.807) is 24.5 Å². The number of ether oxygens (including phenoxy) is 3. The molecule has 12 nitrogen and oxygen atoms in total. The molecule has 0 radical (unpaired) electrons. The molecule has 2 saturated heterocycles. The predicted octanol–water partition coefficient (Wildman–Crippen LogP) is 5.07. The fraction of sp³-hybridized carbons (Fsp3) is 0.333. The second kappa shape index (κ2) is 11.7. The van der Waals surface area contributed by atoms with Crippen molar-refractivity contribution in [1.82, 2.24) is 29.2 Å². The zero-order valence-corrected chi connectivity index (χ0v) is 26.9. The molecule has 0 aliphatic carbocycles. The summed E-state index contributed by atoms with van der Waals surface area (Å²) in [6.45, 7) is 6.12. The Morgan fingerprint density at radius 1 is 1.06 bits per heavy atom. The van der Waals surface area contributed by atoms with E-state index in [1.165, 1.54) is 6.07 Å². The number of fused-ring (bicyclic) bond motifs is 3. The number of hydrogen-bond donors (Lipinski definition) is 1. The lowest BCUT2D eigenvalue weighted by atomic mass is 10.0. The molecule has 1 N–H and O–H groups in total. The lowest BCUT2D eigenvalue weighted by Crippen LogP contribution is -2.59. The Bertz CT molecular complexity index is 1970. The first-order valence-electron chi connectivity index (χ1n) is 15.4. The number of carboxylic acid groups (broad SMARTS) is 1. The quantitative estimate of drug-likeness (QED) is 0.239. The standard InChI is InChI=1S/C33H31Cl2N7O5/c1-33(28-7-6-21(34)16-36-28)46-27-5-2-4-23(31(27)47-33)41-12-10-39(25-18-45-19-26(25)41)17-29-38-30-22(35)14-20(32(43)44)15-24(30)42(29)13-11-40-9-3-8-37-40/h2-9,14-16,25-26H,10-13,17-19H2,1H3,(H,43,44)/t25-,26+,33+/m1/s1. The lowest BCUT2D eigenvalue weighted by molar-refractivity contribution is -0.0716. The van der Waals surface area contributed by atoms with Gasteiger partial charge in [0.1, 0.15) is 17.0 Å². The first-order chi connectivity index (χ1) is 22.8. The van der Waals surface area contributed by atoms with Gasteiger partial charge in [-0.25, -0.2) is 9.78 Å². The molecule has 8 rings (SSSR count). The third kappa shape index (κ3) is 5.35. The largest absolute Gasteiger partial charge is 0.478 e. The highest BCUT2D eigenvalue weighted by Crippen LogP contribution is 2.50. The van der Waals surface area contributed by atoms with E-state index in [9.17, 15) is 9.90 Å². The Morgan fingerprint density at radius 2 is 1.94 bits per heavy atom. The molecule has 3 aliphatic heterocycles. The molecule has 14 heteroatoms. The van der Waals surface area contributed by atoms with Crippen molar-refractivity contribution in [3.8, 4) is 11.5 Å². The molecular formula is C33H31Cl2N7O5. The summed E-state index contributed by atoms with van der Waals surface area (Å²) in [5.74, 6) is 0.00862. The summed E-state index contributed by atoms with van der Waals surface area (Å²) in [4.78, 5) is 26.1. The van der Waals surface area contributed by atoms with Crippen LogP contribution in [-0.2, 0) is 30.2 Å². The van der Waals surface area contributed by atoms with E-state index in [1.807, 2.05) is 42.1 Å². The number of para-hydroxylation sites is 1. The van der Waals surface area contributed by atoms with E-state index in [2.05, 4.69) is 30.5 Å². The van der Waals surface area contributed by atoms with Gasteiger partial charge < -0.3 is 28.8 Å². The molecule has 0 bridgehead atoms. The van der Waals surface area contributed by atoms with Gasteiger partial charge in [-0.2, -0.15) is 5.10 Å². The van der Waals surface area contributed by atoms with Crippen molar-refractivity contribution < 1.29 is 24.1 Å². The minimum atomic E-state index is -1.09. The van der Waals surface area contributed by atoms with E-state index in [4.69, 9.17) is 42.4 Å². The predicted molar refractivity (Wildman–Crippen MR) is 174 cm³/mol. The fourth-order valence-electron chi connectivity index (χ4n) is 6.87. The molecule has 3 aromatic heterocycles. The average Bonchev–Trinajstić information content (AvgIpc) is 3.86. The number of nitrogens with zero attached hydrogens (tertiary/aromatic N) is 7. The SMILES string of the molecule is C[C@]1(c2ccc(Cl)cn2)Oc2cccc(N3CCN(Cc4nc5c(Cl)cc(C(=O)O)cc5n4CCn4cccn4)[C@@H]4COC[C@@H]43)c2O1. The second-order valence-electron chi connectivity index (χ2n) is 12.0. The third-order valence-corrected chi connectivity index (χ3v) is 9.68. The molecule has 6 heterocycles. The maximum absolute atomic E-state index is 11.9. The van der Waals surface area contributed by atoms with Crippen molar-refractivity contribution >= 4 is 45.9 Å². The van der Waals surface area contributed by atoms with E-state index in [0.29, 0.717) is 71.1 Å². The van der Waals surface area contributed by atoms with Gasteiger partial charge in [-0.3, -0.25) is 14.6 Å². The maximum Gasteiger partial charge on any atom is 0.335 e. The summed E-state index contributed by atoms with van der Waals surface area (Å²) in [5, 5.41) is 14.9. The molecule has 0 spiro atoms. The molecule has 3 atom stereocenters. The normalized spacial score (nSPS) is 22.2. The first-order valence-corrected chi connectivity index (χ1v) is 16.1. The summed E-state index contributed by atoms with van der Waals surface area (Å²) < 4.78 is 22.9. The molecule has 3 aliphatic rings. The second-order valence-corrected chi connectivity index (χ2v) is 12.9. The van der Waals surface area contributed by atoms with Crippen molar-refractivity contribution in [3.05, 3.63) is 94.2 Å². The van der Waals surface area contributed by atoms with E-state index >= 15 is 0 Å². The van der Waals surface area contributed by atoms with Gasteiger partial charge in [0.2, 0.25) is 0 Å². The number of aryl methyl sites for hydroxylation is 2. The van der Waals surface area contributed by atoms with Crippen LogP contribution in [0.1, 0.15) is 28.8 Å². The number of aromatic carboxylic acids is 1. The highest BCUT2D eigenvalue weighted by molar-refractivity contribution is 6.35. The summed E-state index contributed by atoms with van der Waals surface area (Å²) in [6, 6.07) is 14.7. The summed E-state index contributed by atoms with van der Waals surface area (Å²) in [7, 11) is 0. The Hall–Kier alpha value is -4.36. The van der Waals surface area contributed by atoms with Crippen LogP contribution < -0.4 is 14.4 Å². The third-order valence-electron chi connectivity index (χ3n) is 9.17. The molecule has 0 amide bonds. The average molecular weight is 677 g/mol. The van der Waals surface area contributed by atoms with Crippen molar-refractivity contribution in [2.24, 2.45) is 0 Å². The summed E-state index contributed by atoms with van der Waals surface area (Å²) in [6.07, 6.45) is 5.22. The minimum absolute atomic E-state index is 0.0588. The number of halogens is 2. The number of carbonyl (C=O) groups is 1. The Balaban J connectivity index is 1.08. The number of pyridine rings is 1. The van der Waals surface area contributed by atoms with E-state index < -0.39 is 11.8 Å². The van der Waals surface area contributed by atoms with Crippen LogP contribution in [0.5, 0.6) is 11.5 Å². The van der Waals surface area contributed by atoms with E-state index in [-0.39, 0.29) is 17.6 Å². The van der Waals surface area contributed by atoms with E-state index in [0.717, 1.165) is 24.6 Å². The number of rotatable bonds is 8. The van der Waals surface area contributed by atoms with Crippen LogP contribution in [0.3, 0.4) is 0 Å². The van der Waals surface area contributed by atoms with Gasteiger partial charge in [0.25, 0.3) is 5.79 Å². The van der Waals surface area contributed by atoms with Gasteiger partial charge in [-0.05, 0) is 42.5 Å². The summed E-state index contributed by atoms with van der Waals surface area (Å²) in [5.41, 5.74) is 2.96. The Kier molecular flexibility index (Phi) is 7.47. The molecule has 0 unspecified atom stereocenters. The van der Waals surface area contributed by atoms with Crippen molar-refractivity contribution in [2.75, 3.05) is 31.2 Å². The van der Waals surface area contributed by atoms with Crippen molar-refractivity contribution in [3.63, 3.8) is 0 Å². The fourth-order valence-corrected chi connectivity index (χ4v) is 7.24. The van der Waals surface area contributed by atoms with Crippen LogP contribution in [-0.4, -0.2) is 78.7 Å². The number of imidazole rings is 1. The molecule has 2 fully saturated rings. The zero-order chi connectivity index (χ0) is 32.3. The number of hydrogen-bond acceptors (Lipinski definition) is 9. The Labute approximate surface area is 280 Å². The Morgan fingerprint density at radius 3 is 2.72 bits per heavy atom. The molecule has 0 saturated carbocycles. The smallest absolute Gasteiger partial charge is 0.335 e. The number of carboxylic acids is 1. The molecule has 2 aromatic carbocycles. The van der Waals surface area contributed by atoms with Crippen molar-refractivity contribution in [2.45, 2.75) is 44.4 Å². The highest BCUT2D eigenvalue weighted by atomic mass is 35.5. The lowest BCUT2D eigenvalue weighted by Gasteiger charge is -2.44. The van der Waals surface area contributed by atoms with Crippen LogP contribution in [0.15, 0.2) is 67.1 Å². The van der Waals surface area contributed by atoms with Gasteiger partial charge >= 0.3 is 5.97 Å². The molecular weight excluding hydrogens is 645 g/mol. The number of benzene rings is 2. The molecule has 47 heavy (non-hydrogen) atoms. The van der Waals surface area contributed by atoms with Crippen LogP contribution in [0.4, 0.5) is 5.69 Å². The van der Waals surface area contributed by atoms with Gasteiger partial charge in [-0.15, -0.1) is 0 Å². The maximum atomic E-state index is 11.9. The minimum Gasteiger partial charge on any atom is -0.478 e. The van der Waals surface area contributed by atoms with Gasteiger partial charge in [0, 0.05) is 45.1 Å². The highest BCUT2D eigenvalue weighted by Gasteiger charge is 2.46. The molecule has 242 valence electrons. The van der Waals surface area contributed by atoms with Crippen LogP contribution in [0.2, 0.25) is 10.0 Å². The number of anilines is 1. The van der Waals surface area contributed by atoms with Gasteiger partial charge in [0.15, 0.2) is 11.5 Å². The van der Waals surface area contributed by atoms with Crippen molar-refractivity contribution in [1.29, 1.82) is 0 Å². The topological polar surface area (TPSA) is 120 Å². The van der Waals surface area contributed by atoms with Crippen LogP contribution >= 0.6 is 23.2 Å². The van der Waals surface area contributed by atoms with Gasteiger partial charge in [-0.1, -0.05) is 29.3 Å². The monoisotopic (exact) mass is 675 g/mol. The summed E-state index contributed by atoms with van der Waals surface area (Å²) >= 11 is 12.7. The van der Waals surface area contributed by atoms with Gasteiger partial charge in [0.05, 0.1) is 65.2 Å². The van der Waals surface area contributed by atoms with Crippen LogP contribution in [0, 0.1) is 0 Å². The zero-order valence-electron chi connectivity index (χ0n) is 25.4. The first kappa shape index (κ1) is 30.0.